The predicted octanol–water partition coefficient (Wildman–Crippen LogP) is 12.8. The van der Waals surface area contributed by atoms with Gasteiger partial charge in [-0.05, 0) is 41.7 Å². The van der Waals surface area contributed by atoms with Crippen LogP contribution < -0.4 is 0 Å². The fourth-order valence-electron chi connectivity index (χ4n) is 5.16. The molecule has 4 nitrogen and oxygen atoms in total. The normalized spacial score (nSPS) is 13.0. The van der Waals surface area contributed by atoms with Gasteiger partial charge in [-0.1, -0.05) is 166 Å². The Morgan fingerprint density at radius 2 is 1.02 bits per heavy atom. The van der Waals surface area contributed by atoms with Gasteiger partial charge in [-0.15, -0.1) is 11.4 Å². The Bertz CT molecular complexity index is 1220. The minimum Gasteiger partial charge on any atom is -0.668 e. The van der Waals surface area contributed by atoms with Gasteiger partial charge < -0.3 is 9.96 Å². The Kier molecular flexibility index (Phi) is 16.8. The topological polar surface area (TPSA) is 64.3 Å². The van der Waals surface area contributed by atoms with Gasteiger partial charge in [-0.2, -0.15) is 5.26 Å². The van der Waals surface area contributed by atoms with Crippen LogP contribution in [0.1, 0.15) is 115 Å². The van der Waals surface area contributed by atoms with Gasteiger partial charge in [0.15, 0.2) is 0 Å². The maximum absolute atomic E-state index is 10.1. The molecule has 232 valence electrons. The van der Waals surface area contributed by atoms with Crippen molar-refractivity contribution in [3.05, 3.63) is 79.9 Å². The summed E-state index contributed by atoms with van der Waals surface area (Å²) in [4.78, 5) is 5.03. The van der Waals surface area contributed by atoms with Gasteiger partial charge in [0.25, 0.3) is 0 Å². The van der Waals surface area contributed by atoms with Crippen LogP contribution in [0.2, 0.25) is 39.3 Å². The first-order valence-corrected chi connectivity index (χ1v) is 22.5. The Hall–Kier alpha value is -1.84. The zero-order chi connectivity index (χ0) is 32.6. The number of allylic oxidation sites excluding steroid dienone is 2. The van der Waals surface area contributed by atoms with Crippen molar-refractivity contribution in [3.63, 3.8) is 0 Å². The van der Waals surface area contributed by atoms with Crippen LogP contribution in [-0.4, -0.2) is 22.2 Å². The summed E-state index contributed by atoms with van der Waals surface area (Å²) >= 11 is 0. The van der Waals surface area contributed by atoms with Crippen LogP contribution in [-0.2, 0) is 19.5 Å². The third-order valence-corrected chi connectivity index (χ3v) is 12.1. The summed E-state index contributed by atoms with van der Waals surface area (Å²) in [5.41, 5.74) is 8.77. The molecule has 7 heteroatoms. The number of nitrogens with zero attached hydrogens (tertiary/aromatic N) is 4. The van der Waals surface area contributed by atoms with E-state index in [1.54, 1.807) is 0 Å². The van der Waals surface area contributed by atoms with Crippen LogP contribution in [0.15, 0.2) is 52.7 Å². The second-order valence-corrected chi connectivity index (χ2v) is 24.1. The summed E-state index contributed by atoms with van der Waals surface area (Å²) in [5, 5.41) is 15.1. The molecule has 2 aromatic rings. The summed E-state index contributed by atoms with van der Waals surface area (Å²) in [5.74, 6) is 1.40. The van der Waals surface area contributed by atoms with Crippen LogP contribution in [0.4, 0.5) is 11.4 Å². The largest absolute Gasteiger partial charge is 2.00 e. The van der Waals surface area contributed by atoms with E-state index in [0.717, 1.165) is 11.4 Å². The summed E-state index contributed by atoms with van der Waals surface area (Å²) in [6.45, 7) is 35.1. The molecule has 0 aromatic heterocycles. The monoisotopic (exact) mass is 666 g/mol. The first-order chi connectivity index (χ1) is 19.2. The van der Waals surface area contributed by atoms with Crippen molar-refractivity contribution in [2.45, 2.75) is 132 Å². The molecule has 0 atom stereocenters. The van der Waals surface area contributed by atoms with Crippen molar-refractivity contribution in [3.8, 4) is 6.07 Å². The molecule has 43 heavy (non-hydrogen) atoms. The Morgan fingerprint density at radius 3 is 1.30 bits per heavy atom. The van der Waals surface area contributed by atoms with E-state index >= 15 is 0 Å². The van der Waals surface area contributed by atoms with Crippen molar-refractivity contribution in [1.29, 1.82) is 5.26 Å². The molecule has 0 amide bonds. The van der Waals surface area contributed by atoms with Crippen molar-refractivity contribution in [2.75, 3.05) is 0 Å². The summed E-state index contributed by atoms with van der Waals surface area (Å²) in [6, 6.07) is 15.2. The molecule has 0 spiro atoms. The van der Waals surface area contributed by atoms with Crippen LogP contribution in [0.3, 0.4) is 0 Å². The average molecular weight is 668 g/mol. The van der Waals surface area contributed by atoms with Gasteiger partial charge in [0.05, 0.1) is 23.0 Å². The molecule has 0 aliphatic carbocycles. The van der Waals surface area contributed by atoms with E-state index in [1.807, 2.05) is 13.8 Å². The third kappa shape index (κ3) is 13.4. The number of hydrogen-bond donors (Lipinski definition) is 0. The molecule has 0 radical (unpaired) electrons. The smallest absolute Gasteiger partial charge is 0.668 e. The number of nitriles is 1. The van der Waals surface area contributed by atoms with E-state index in [0.29, 0.717) is 40.7 Å². The van der Waals surface area contributed by atoms with Crippen LogP contribution >= 0.6 is 0 Å². The van der Waals surface area contributed by atoms with Crippen molar-refractivity contribution >= 4 is 33.6 Å². The van der Waals surface area contributed by atoms with Gasteiger partial charge in [0.1, 0.15) is 0 Å². The molecule has 0 unspecified atom stereocenters. The second-order valence-electron chi connectivity index (χ2n) is 14.5. The zero-order valence-electron chi connectivity index (χ0n) is 30.3. The fraction of sp³-hybridized carbons (Fsp3) is 0.556. The molecule has 0 fully saturated rings. The van der Waals surface area contributed by atoms with E-state index in [-0.39, 0.29) is 19.5 Å². The maximum Gasteiger partial charge on any atom is 2.00 e. The third-order valence-electron chi connectivity index (χ3n) is 6.75. The molecule has 0 N–H and O–H groups in total. The quantitative estimate of drug-likeness (QED) is 0.141. The molecule has 0 bridgehead atoms. The minimum absolute atomic E-state index is 0. The van der Waals surface area contributed by atoms with Crippen molar-refractivity contribution < 1.29 is 19.5 Å². The molecule has 0 aliphatic rings. The van der Waals surface area contributed by atoms with Crippen LogP contribution in [0.25, 0.3) is 9.96 Å². The first kappa shape index (κ1) is 41.2. The average Bonchev–Trinajstić information content (AvgIpc) is 2.82. The molecular weight excluding hydrogens is 610 g/mol. The maximum atomic E-state index is 10.1. The SMILES string of the molecule is CC(=Nc1c(C(C)C)cccc1C(C)C)/C(C#N)=C(/C)[N-]c1c(C(C)C)cccc1C(C)C.C[Si](C)(C)[N-][Si](C)(C)C.[Zn+2]. The van der Waals surface area contributed by atoms with Gasteiger partial charge in [-0.3, -0.25) is 4.99 Å². The van der Waals surface area contributed by atoms with Gasteiger partial charge >= 0.3 is 19.5 Å². The second kappa shape index (κ2) is 17.6. The Morgan fingerprint density at radius 1 is 0.674 bits per heavy atom. The number of hydrogen-bond acceptors (Lipinski definition) is 2. The van der Waals surface area contributed by atoms with Crippen LogP contribution in [0, 0.1) is 11.3 Å². The Balaban J connectivity index is 0.00000153. The minimum atomic E-state index is -1.11. The van der Waals surface area contributed by atoms with Crippen molar-refractivity contribution in [2.24, 2.45) is 4.99 Å². The molecule has 2 rings (SSSR count). The molecule has 0 heterocycles. The van der Waals surface area contributed by atoms with Gasteiger partial charge in [-0.25, -0.2) is 0 Å². The zero-order valence-corrected chi connectivity index (χ0v) is 35.2. The standard InChI is InChI=1S/C30H40N3.C6H18NSi2.Zn/c1-18(2)24-13-11-14-25(19(3)4)29(24)32-22(9)28(17-31)23(10)33-30-26(20(5)6)15-12-16-27(30)21(7)8;1-8(2,3)7-9(4,5)6;/h11-16,18-21H,1-10H3;1-6H3;/q2*-1;+2/b28-22-,33-23?;;. The Labute approximate surface area is 280 Å². The van der Waals surface area contributed by atoms with E-state index in [9.17, 15) is 5.26 Å². The van der Waals surface area contributed by atoms with Gasteiger partial charge in [0, 0.05) is 0 Å². The number of rotatable bonds is 10. The van der Waals surface area contributed by atoms with E-state index in [4.69, 9.17) is 15.0 Å². The van der Waals surface area contributed by atoms with Gasteiger partial charge in [0.2, 0.25) is 0 Å². The summed E-state index contributed by atoms with van der Waals surface area (Å²) < 4.78 is 4.82. The van der Waals surface area contributed by atoms with E-state index in [1.165, 1.54) is 22.3 Å². The number of benzene rings is 2. The fourth-order valence-corrected chi connectivity index (χ4v) is 13.2. The summed E-state index contributed by atoms with van der Waals surface area (Å²) in [7, 11) is -2.21. The number of aliphatic imine (C=N–C) groups is 1. The first-order valence-electron chi connectivity index (χ1n) is 15.6. The molecule has 2 aromatic carbocycles. The molecule has 0 saturated heterocycles. The molecular formula is C36H58N4Si2Zn. The molecule has 0 saturated carbocycles. The predicted molar refractivity (Wildman–Crippen MR) is 193 cm³/mol. The van der Waals surface area contributed by atoms with E-state index in [2.05, 4.69) is 137 Å². The van der Waals surface area contributed by atoms with Crippen molar-refractivity contribution in [1.82, 2.24) is 0 Å². The number of para-hydroxylation sites is 2. The summed E-state index contributed by atoms with van der Waals surface area (Å²) in [6.07, 6.45) is 0. The van der Waals surface area contributed by atoms with E-state index < -0.39 is 16.5 Å². The molecule has 0 aliphatic heterocycles. The van der Waals surface area contributed by atoms with Crippen LogP contribution in [0.5, 0.6) is 0 Å².